The molecule has 2 rings (SSSR count). The van der Waals surface area contributed by atoms with Gasteiger partial charge in [-0.25, -0.2) is 8.78 Å². The van der Waals surface area contributed by atoms with Crippen molar-refractivity contribution < 1.29 is 8.78 Å². The molecule has 0 amide bonds. The molecule has 0 heterocycles. The predicted molar refractivity (Wildman–Crippen MR) is 77.9 cm³/mol. The van der Waals surface area contributed by atoms with Crippen molar-refractivity contribution in [3.8, 4) is 0 Å². The lowest BCUT2D eigenvalue weighted by molar-refractivity contribution is 0.267. The summed E-state index contributed by atoms with van der Waals surface area (Å²) in [5, 5.41) is 0. The Labute approximate surface area is 124 Å². The topological polar surface area (TPSA) is 52.0 Å². The zero-order valence-electron chi connectivity index (χ0n) is 10.6. The third-order valence-electron chi connectivity index (χ3n) is 3.62. The molecule has 19 heavy (non-hydrogen) atoms. The smallest absolute Gasteiger partial charge is 0.129 e. The number of hydrogen-bond acceptors (Lipinski definition) is 2. The molecule has 0 radical (unpaired) electrons. The molecule has 1 aromatic rings. The summed E-state index contributed by atoms with van der Waals surface area (Å²) in [6.07, 6.45) is 3.35. The normalized spacial score (nSPS) is 26.2. The summed E-state index contributed by atoms with van der Waals surface area (Å²) in [7, 11) is 0. The van der Waals surface area contributed by atoms with Crippen LogP contribution in [0.4, 0.5) is 8.78 Å². The Morgan fingerprint density at radius 2 is 1.58 bits per heavy atom. The second-order valence-electron chi connectivity index (χ2n) is 5.08. The zero-order valence-corrected chi connectivity index (χ0v) is 12.2. The summed E-state index contributed by atoms with van der Waals surface area (Å²) >= 11 is 0. The van der Waals surface area contributed by atoms with Gasteiger partial charge in [0.2, 0.25) is 0 Å². The molecule has 0 aliphatic heterocycles. The van der Waals surface area contributed by atoms with Gasteiger partial charge >= 0.3 is 0 Å². The van der Waals surface area contributed by atoms with E-state index in [2.05, 4.69) is 0 Å². The van der Waals surface area contributed by atoms with Gasteiger partial charge in [-0.3, -0.25) is 0 Å². The molecule has 0 atom stereocenters. The average molecular weight is 313 g/mol. The Hall–Kier alpha value is -0.420. The number of hydrogen-bond donors (Lipinski definition) is 2. The highest BCUT2D eigenvalue weighted by molar-refractivity contribution is 5.85. The fraction of sp³-hybridized carbons (Fsp3) is 0.538. The Bertz CT molecular complexity index is 387. The van der Waals surface area contributed by atoms with Crippen LogP contribution in [0.15, 0.2) is 18.2 Å². The molecule has 0 spiro atoms. The summed E-state index contributed by atoms with van der Waals surface area (Å²) < 4.78 is 27.1. The minimum absolute atomic E-state index is 0. The van der Waals surface area contributed by atoms with Gasteiger partial charge in [0.15, 0.2) is 0 Å². The number of rotatable bonds is 2. The fourth-order valence-electron chi connectivity index (χ4n) is 2.45. The maximum absolute atomic E-state index is 13.5. The van der Waals surface area contributed by atoms with Crippen molar-refractivity contribution in [1.82, 2.24) is 0 Å². The molecule has 1 aliphatic carbocycles. The van der Waals surface area contributed by atoms with Crippen molar-refractivity contribution in [3.63, 3.8) is 0 Å². The summed E-state index contributed by atoms with van der Waals surface area (Å²) in [6, 6.07) is 4.10. The van der Waals surface area contributed by atoms with Crippen molar-refractivity contribution >= 4 is 24.8 Å². The summed E-state index contributed by atoms with van der Waals surface area (Å²) in [5.74, 6) is -1.02. The van der Waals surface area contributed by atoms with Crippen LogP contribution < -0.4 is 11.5 Å². The van der Waals surface area contributed by atoms with Gasteiger partial charge in [0, 0.05) is 17.1 Å². The van der Waals surface area contributed by atoms with Gasteiger partial charge in [0.05, 0.1) is 0 Å². The van der Waals surface area contributed by atoms with Crippen LogP contribution >= 0.6 is 24.8 Å². The summed E-state index contributed by atoms with van der Waals surface area (Å²) in [5.41, 5.74) is 11.6. The molecule has 0 saturated heterocycles. The predicted octanol–water partition coefficient (Wildman–Crippen LogP) is 2.95. The highest BCUT2D eigenvalue weighted by atomic mass is 35.5. The van der Waals surface area contributed by atoms with E-state index in [9.17, 15) is 8.78 Å². The zero-order chi connectivity index (χ0) is 12.5. The first kappa shape index (κ1) is 18.6. The van der Waals surface area contributed by atoms with E-state index < -0.39 is 17.2 Å². The third kappa shape index (κ3) is 4.56. The lowest BCUT2D eigenvalue weighted by atomic mass is 9.76. The van der Waals surface area contributed by atoms with Crippen LogP contribution in [0.2, 0.25) is 0 Å². The molecule has 2 nitrogen and oxygen atoms in total. The maximum atomic E-state index is 13.5. The van der Waals surface area contributed by atoms with Gasteiger partial charge in [-0.15, -0.1) is 24.8 Å². The molecule has 0 aromatic heterocycles. The highest BCUT2D eigenvalue weighted by Crippen LogP contribution is 2.30. The van der Waals surface area contributed by atoms with Crippen LogP contribution in [-0.4, -0.2) is 11.6 Å². The van der Waals surface area contributed by atoms with E-state index in [0.29, 0.717) is 0 Å². The van der Waals surface area contributed by atoms with Crippen LogP contribution in [0, 0.1) is 11.6 Å². The molecule has 110 valence electrons. The average Bonchev–Trinajstić information content (AvgIpc) is 2.29. The first-order chi connectivity index (χ1) is 8.00. The molecule has 0 unspecified atom stereocenters. The second kappa shape index (κ2) is 7.39. The van der Waals surface area contributed by atoms with Crippen molar-refractivity contribution in [2.75, 3.05) is 0 Å². The van der Waals surface area contributed by atoms with Gasteiger partial charge in [-0.2, -0.15) is 0 Å². The van der Waals surface area contributed by atoms with Gasteiger partial charge in [0.1, 0.15) is 11.6 Å². The third-order valence-corrected chi connectivity index (χ3v) is 3.62. The second-order valence-corrected chi connectivity index (χ2v) is 5.08. The maximum Gasteiger partial charge on any atom is 0.129 e. The number of nitrogens with two attached hydrogens (primary N) is 2. The van der Waals surface area contributed by atoms with E-state index in [0.717, 1.165) is 25.7 Å². The molecular weight excluding hydrogens is 293 g/mol. The van der Waals surface area contributed by atoms with Gasteiger partial charge in [0.25, 0.3) is 0 Å². The van der Waals surface area contributed by atoms with Crippen molar-refractivity contribution in [2.45, 2.75) is 43.7 Å². The van der Waals surface area contributed by atoms with E-state index in [1.807, 2.05) is 0 Å². The minimum atomic E-state index is -0.515. The van der Waals surface area contributed by atoms with Crippen molar-refractivity contribution in [2.24, 2.45) is 11.5 Å². The minimum Gasteiger partial charge on any atom is -0.328 e. The van der Waals surface area contributed by atoms with Crippen LogP contribution in [0.25, 0.3) is 0 Å². The number of halogens is 4. The lowest BCUT2D eigenvalue weighted by Crippen LogP contribution is -2.48. The summed E-state index contributed by atoms with van der Waals surface area (Å²) in [4.78, 5) is 0. The fourth-order valence-corrected chi connectivity index (χ4v) is 2.45. The van der Waals surface area contributed by atoms with E-state index in [-0.39, 0.29) is 42.8 Å². The van der Waals surface area contributed by atoms with Crippen LogP contribution in [-0.2, 0) is 6.42 Å². The molecule has 4 N–H and O–H groups in total. The molecule has 1 aromatic carbocycles. The number of benzene rings is 1. The lowest BCUT2D eigenvalue weighted by Gasteiger charge is -2.36. The summed E-state index contributed by atoms with van der Waals surface area (Å²) in [6.45, 7) is 0. The molecule has 1 saturated carbocycles. The van der Waals surface area contributed by atoms with E-state index in [1.54, 1.807) is 0 Å². The van der Waals surface area contributed by atoms with Crippen LogP contribution in [0.5, 0.6) is 0 Å². The SMILES string of the molecule is Cl.Cl.NC1CCC(N)(Cc2c(F)cccc2F)CC1. The quantitative estimate of drug-likeness (QED) is 0.882. The largest absolute Gasteiger partial charge is 0.328 e. The van der Waals surface area contributed by atoms with Crippen molar-refractivity contribution in [1.29, 1.82) is 0 Å². The Kier molecular flexibility index (Phi) is 7.22. The monoisotopic (exact) mass is 312 g/mol. The van der Waals surface area contributed by atoms with E-state index >= 15 is 0 Å². The van der Waals surface area contributed by atoms with Gasteiger partial charge in [-0.1, -0.05) is 6.07 Å². The Morgan fingerprint density at radius 1 is 1.11 bits per heavy atom. The van der Waals surface area contributed by atoms with E-state index in [4.69, 9.17) is 11.5 Å². The Morgan fingerprint density at radius 3 is 2.05 bits per heavy atom. The van der Waals surface area contributed by atoms with E-state index in [1.165, 1.54) is 18.2 Å². The Balaban J connectivity index is 0.00000162. The van der Waals surface area contributed by atoms with Gasteiger partial charge < -0.3 is 11.5 Å². The highest BCUT2D eigenvalue weighted by Gasteiger charge is 2.32. The molecule has 1 aliphatic rings. The molecular formula is C13H20Cl2F2N2. The van der Waals surface area contributed by atoms with Gasteiger partial charge in [-0.05, 0) is 44.2 Å². The molecule has 0 bridgehead atoms. The van der Waals surface area contributed by atoms with Crippen LogP contribution in [0.1, 0.15) is 31.2 Å². The van der Waals surface area contributed by atoms with Crippen LogP contribution in [0.3, 0.4) is 0 Å². The molecule has 6 heteroatoms. The molecule has 1 fully saturated rings. The first-order valence-electron chi connectivity index (χ1n) is 5.97. The van der Waals surface area contributed by atoms with Crippen molar-refractivity contribution in [3.05, 3.63) is 35.4 Å². The standard InChI is InChI=1S/C13H18F2N2.2ClH/c14-11-2-1-3-12(15)10(11)8-13(17)6-4-9(16)5-7-13;;/h1-3,9H,4-8,16-17H2;2*1H. The first-order valence-corrected chi connectivity index (χ1v) is 5.97.